The predicted molar refractivity (Wildman–Crippen MR) is 80.1 cm³/mol. The largest absolute Gasteiger partial charge is 0.497 e. The molecule has 0 atom stereocenters. The molecule has 0 saturated carbocycles. The summed E-state index contributed by atoms with van der Waals surface area (Å²) in [6.45, 7) is 0.432. The van der Waals surface area contributed by atoms with Crippen molar-refractivity contribution in [2.24, 2.45) is 5.73 Å². The molecule has 0 heterocycles. The summed E-state index contributed by atoms with van der Waals surface area (Å²) < 4.78 is 5.15. The van der Waals surface area contributed by atoms with E-state index in [9.17, 15) is 5.26 Å². The van der Waals surface area contributed by atoms with E-state index < -0.39 is 0 Å². The van der Waals surface area contributed by atoms with Gasteiger partial charge in [0, 0.05) is 19.3 Å². The molecule has 0 saturated heterocycles. The molecule has 0 spiro atoms. The highest BCUT2D eigenvalue weighted by Gasteiger charge is 2.10. The topological polar surface area (TPSA) is 62.3 Å². The number of benzene rings is 2. The molecule has 0 bridgehead atoms. The van der Waals surface area contributed by atoms with Gasteiger partial charge in [0.15, 0.2) is 0 Å². The van der Waals surface area contributed by atoms with E-state index in [1.807, 2.05) is 54.4 Å². The first kappa shape index (κ1) is 13.9. The van der Waals surface area contributed by atoms with Crippen LogP contribution in [0.5, 0.6) is 5.75 Å². The number of anilines is 2. The first-order valence-electron chi connectivity index (χ1n) is 6.30. The average Bonchev–Trinajstić information content (AvgIpc) is 2.53. The van der Waals surface area contributed by atoms with Gasteiger partial charge < -0.3 is 15.4 Å². The third kappa shape index (κ3) is 2.73. The number of nitrogens with zero attached hydrogens (tertiary/aromatic N) is 2. The Morgan fingerprint density at radius 3 is 2.45 bits per heavy atom. The molecule has 0 aliphatic carbocycles. The average molecular weight is 267 g/mol. The third-order valence-corrected chi connectivity index (χ3v) is 3.24. The van der Waals surface area contributed by atoms with Gasteiger partial charge in [-0.2, -0.15) is 5.26 Å². The Balaban J connectivity index is 2.37. The standard InChI is InChI=1S/C16H17N3O/c1-19(14-4-6-15(20-2)7-5-14)16-8-3-12(10-17)9-13(16)11-18/h3-9H,10,17H2,1-2H3. The second-order valence-electron chi connectivity index (χ2n) is 4.42. The SMILES string of the molecule is COc1ccc(N(C)c2ccc(CN)cc2C#N)cc1. The molecule has 0 aliphatic heterocycles. The molecule has 0 aliphatic rings. The van der Waals surface area contributed by atoms with E-state index in [0.717, 1.165) is 22.7 Å². The number of hydrogen-bond donors (Lipinski definition) is 1. The maximum Gasteiger partial charge on any atom is 0.119 e. The molecule has 2 aromatic carbocycles. The summed E-state index contributed by atoms with van der Waals surface area (Å²) in [7, 11) is 3.57. The molecular weight excluding hydrogens is 250 g/mol. The van der Waals surface area contributed by atoms with Gasteiger partial charge in [0.2, 0.25) is 0 Å². The van der Waals surface area contributed by atoms with Crippen LogP contribution in [0.25, 0.3) is 0 Å². The molecule has 2 N–H and O–H groups in total. The first-order chi connectivity index (χ1) is 9.69. The van der Waals surface area contributed by atoms with E-state index in [1.165, 1.54) is 0 Å². The van der Waals surface area contributed by atoms with Crippen LogP contribution in [-0.4, -0.2) is 14.2 Å². The van der Waals surface area contributed by atoms with Gasteiger partial charge in [0.05, 0.1) is 18.4 Å². The number of hydrogen-bond acceptors (Lipinski definition) is 4. The number of methoxy groups -OCH3 is 1. The minimum atomic E-state index is 0.432. The lowest BCUT2D eigenvalue weighted by atomic mass is 10.1. The molecule has 0 amide bonds. The van der Waals surface area contributed by atoms with Crippen molar-refractivity contribution in [3.8, 4) is 11.8 Å². The minimum Gasteiger partial charge on any atom is -0.497 e. The van der Waals surface area contributed by atoms with Gasteiger partial charge in [0.1, 0.15) is 11.8 Å². The smallest absolute Gasteiger partial charge is 0.119 e. The molecule has 0 fully saturated rings. The number of rotatable bonds is 4. The fourth-order valence-corrected chi connectivity index (χ4v) is 2.04. The van der Waals surface area contributed by atoms with E-state index in [2.05, 4.69) is 6.07 Å². The fraction of sp³-hybridized carbons (Fsp3) is 0.188. The van der Waals surface area contributed by atoms with Crippen molar-refractivity contribution in [2.45, 2.75) is 6.54 Å². The van der Waals surface area contributed by atoms with Gasteiger partial charge in [-0.15, -0.1) is 0 Å². The lowest BCUT2D eigenvalue weighted by Crippen LogP contribution is -2.11. The first-order valence-corrected chi connectivity index (χ1v) is 6.30. The summed E-state index contributed by atoms with van der Waals surface area (Å²) in [6.07, 6.45) is 0. The molecule has 20 heavy (non-hydrogen) atoms. The van der Waals surface area contributed by atoms with Crippen LogP contribution >= 0.6 is 0 Å². The second kappa shape index (κ2) is 6.09. The fourth-order valence-electron chi connectivity index (χ4n) is 2.04. The van der Waals surface area contributed by atoms with Gasteiger partial charge in [-0.1, -0.05) is 6.07 Å². The van der Waals surface area contributed by atoms with Crippen molar-refractivity contribution in [2.75, 3.05) is 19.1 Å². The van der Waals surface area contributed by atoms with Crippen LogP contribution in [-0.2, 0) is 6.54 Å². The molecule has 0 aromatic heterocycles. The Morgan fingerprint density at radius 1 is 1.20 bits per heavy atom. The summed E-state index contributed by atoms with van der Waals surface area (Å²) in [6, 6.07) is 15.6. The highest BCUT2D eigenvalue weighted by Crippen LogP contribution is 2.28. The van der Waals surface area contributed by atoms with Crippen LogP contribution in [0.1, 0.15) is 11.1 Å². The quantitative estimate of drug-likeness (QED) is 0.925. The molecule has 2 rings (SSSR count). The lowest BCUT2D eigenvalue weighted by Gasteiger charge is -2.21. The molecule has 0 unspecified atom stereocenters. The highest BCUT2D eigenvalue weighted by molar-refractivity contribution is 5.69. The summed E-state index contributed by atoms with van der Waals surface area (Å²) in [5, 5.41) is 9.28. The maximum absolute atomic E-state index is 9.28. The van der Waals surface area contributed by atoms with E-state index in [1.54, 1.807) is 7.11 Å². The maximum atomic E-state index is 9.28. The van der Waals surface area contributed by atoms with Crippen molar-refractivity contribution in [3.05, 3.63) is 53.6 Å². The lowest BCUT2D eigenvalue weighted by molar-refractivity contribution is 0.415. The Morgan fingerprint density at radius 2 is 1.90 bits per heavy atom. The molecule has 2 aromatic rings. The van der Waals surface area contributed by atoms with Gasteiger partial charge >= 0.3 is 0 Å². The minimum absolute atomic E-state index is 0.432. The highest BCUT2D eigenvalue weighted by atomic mass is 16.5. The molecule has 4 nitrogen and oxygen atoms in total. The van der Waals surface area contributed by atoms with Gasteiger partial charge in [0.25, 0.3) is 0 Å². The predicted octanol–water partition coefficient (Wildman–Crippen LogP) is 2.79. The van der Waals surface area contributed by atoms with Crippen LogP contribution in [0.15, 0.2) is 42.5 Å². The molecule has 4 heteroatoms. The zero-order valence-corrected chi connectivity index (χ0v) is 11.6. The second-order valence-corrected chi connectivity index (χ2v) is 4.42. The van der Waals surface area contributed by atoms with Crippen LogP contribution in [0, 0.1) is 11.3 Å². The van der Waals surface area contributed by atoms with E-state index in [0.29, 0.717) is 12.1 Å². The van der Waals surface area contributed by atoms with E-state index in [-0.39, 0.29) is 0 Å². The third-order valence-electron chi connectivity index (χ3n) is 3.24. The van der Waals surface area contributed by atoms with Crippen molar-refractivity contribution in [1.29, 1.82) is 5.26 Å². The monoisotopic (exact) mass is 267 g/mol. The molecule has 102 valence electrons. The van der Waals surface area contributed by atoms with E-state index >= 15 is 0 Å². The number of nitrogens with two attached hydrogens (primary N) is 1. The summed E-state index contributed by atoms with van der Waals surface area (Å²) in [4.78, 5) is 1.97. The van der Waals surface area contributed by atoms with E-state index in [4.69, 9.17) is 10.5 Å². The zero-order valence-electron chi connectivity index (χ0n) is 11.6. The van der Waals surface area contributed by atoms with Crippen molar-refractivity contribution >= 4 is 11.4 Å². The normalized spacial score (nSPS) is 9.90. The van der Waals surface area contributed by atoms with Crippen LogP contribution in [0.4, 0.5) is 11.4 Å². The summed E-state index contributed by atoms with van der Waals surface area (Å²) >= 11 is 0. The van der Waals surface area contributed by atoms with Crippen molar-refractivity contribution in [1.82, 2.24) is 0 Å². The zero-order chi connectivity index (χ0) is 14.5. The van der Waals surface area contributed by atoms with Crippen LogP contribution < -0.4 is 15.4 Å². The summed E-state index contributed by atoms with van der Waals surface area (Å²) in [5.74, 6) is 0.807. The van der Waals surface area contributed by atoms with Crippen LogP contribution in [0.2, 0.25) is 0 Å². The molecular formula is C16H17N3O. The Hall–Kier alpha value is -2.51. The summed E-state index contributed by atoms with van der Waals surface area (Å²) in [5.41, 5.74) is 9.02. The Bertz CT molecular complexity index is 629. The van der Waals surface area contributed by atoms with Crippen LogP contribution in [0.3, 0.4) is 0 Å². The Labute approximate surface area is 119 Å². The molecule has 0 radical (unpaired) electrons. The number of ether oxygens (including phenoxy) is 1. The van der Waals surface area contributed by atoms with Gasteiger partial charge in [-0.05, 0) is 42.0 Å². The van der Waals surface area contributed by atoms with Gasteiger partial charge in [-0.3, -0.25) is 0 Å². The number of nitriles is 1. The Kier molecular flexibility index (Phi) is 4.24. The van der Waals surface area contributed by atoms with Crippen molar-refractivity contribution in [3.63, 3.8) is 0 Å². The van der Waals surface area contributed by atoms with Gasteiger partial charge in [-0.25, -0.2) is 0 Å². The van der Waals surface area contributed by atoms with Crippen molar-refractivity contribution < 1.29 is 4.74 Å².